The van der Waals surface area contributed by atoms with Crippen molar-refractivity contribution in [2.75, 3.05) is 7.11 Å². The molecular weight excluding hydrogens is 466 g/mol. The maximum atomic E-state index is 12.3. The van der Waals surface area contributed by atoms with Gasteiger partial charge in [-0.2, -0.15) is 0 Å². The molecule has 2 aromatic carbocycles. The van der Waals surface area contributed by atoms with E-state index < -0.39 is 0 Å². The van der Waals surface area contributed by atoms with Gasteiger partial charge in [-0.15, -0.1) is 21.5 Å². The Labute approximate surface area is 196 Å². The van der Waals surface area contributed by atoms with Crippen molar-refractivity contribution in [2.24, 2.45) is 0 Å². The van der Waals surface area contributed by atoms with Gasteiger partial charge in [0.1, 0.15) is 16.3 Å². The zero-order chi connectivity index (χ0) is 22.1. The minimum absolute atomic E-state index is 0.131. The highest BCUT2D eigenvalue weighted by Crippen LogP contribution is 2.33. The standard InChI is InChI=1S/C22H16ClN5O2S2/c1-30-14-8-6-13(7-9-14)28-20(15-4-2-3-5-16(15)23)26-27-22(28)32-12-18-24-17-10-11-31-19(17)21(29)25-18/h2-11H,12H2,1H3,(H,24,25,29). The van der Waals surface area contributed by atoms with Gasteiger partial charge in [0.15, 0.2) is 11.0 Å². The van der Waals surface area contributed by atoms with Gasteiger partial charge in [0.25, 0.3) is 5.56 Å². The quantitative estimate of drug-likeness (QED) is 0.336. The van der Waals surface area contributed by atoms with Crippen molar-refractivity contribution in [3.8, 4) is 22.8 Å². The summed E-state index contributed by atoms with van der Waals surface area (Å²) < 4.78 is 7.85. The number of thioether (sulfide) groups is 1. The Kier molecular flexibility index (Phi) is 5.69. The van der Waals surface area contributed by atoms with E-state index in [1.54, 1.807) is 7.11 Å². The van der Waals surface area contributed by atoms with Crippen LogP contribution in [0.5, 0.6) is 5.75 Å². The molecule has 160 valence electrons. The van der Waals surface area contributed by atoms with E-state index in [1.807, 2.05) is 64.5 Å². The van der Waals surface area contributed by atoms with Gasteiger partial charge < -0.3 is 9.72 Å². The molecule has 1 N–H and O–H groups in total. The van der Waals surface area contributed by atoms with E-state index in [0.29, 0.717) is 37.8 Å². The summed E-state index contributed by atoms with van der Waals surface area (Å²) in [5.41, 5.74) is 2.20. The van der Waals surface area contributed by atoms with Crippen LogP contribution in [-0.2, 0) is 5.75 Å². The largest absolute Gasteiger partial charge is 0.497 e. The molecule has 7 nitrogen and oxygen atoms in total. The predicted molar refractivity (Wildman–Crippen MR) is 128 cm³/mol. The molecule has 0 aliphatic carbocycles. The molecule has 3 aromatic heterocycles. The summed E-state index contributed by atoms with van der Waals surface area (Å²) in [6.07, 6.45) is 0. The van der Waals surface area contributed by atoms with Crippen molar-refractivity contribution in [1.29, 1.82) is 0 Å². The zero-order valence-corrected chi connectivity index (χ0v) is 19.2. The van der Waals surface area contributed by atoms with E-state index in [9.17, 15) is 4.79 Å². The number of hydrogen-bond acceptors (Lipinski definition) is 7. The number of nitrogens with zero attached hydrogens (tertiary/aromatic N) is 4. The molecule has 0 aliphatic heterocycles. The molecule has 0 atom stereocenters. The first kappa shape index (κ1) is 20.7. The molecule has 0 saturated carbocycles. The van der Waals surface area contributed by atoms with Crippen LogP contribution in [0.4, 0.5) is 0 Å². The van der Waals surface area contributed by atoms with Crippen LogP contribution in [0.1, 0.15) is 5.82 Å². The van der Waals surface area contributed by atoms with Gasteiger partial charge in [-0.25, -0.2) is 4.98 Å². The molecule has 5 rings (SSSR count). The highest BCUT2D eigenvalue weighted by molar-refractivity contribution is 7.98. The molecule has 32 heavy (non-hydrogen) atoms. The number of fused-ring (bicyclic) bond motifs is 1. The Bertz CT molecular complexity index is 1460. The third-order valence-corrected chi connectivity index (χ3v) is 6.95. The molecule has 0 bridgehead atoms. The maximum Gasteiger partial charge on any atom is 0.268 e. The topological polar surface area (TPSA) is 85.7 Å². The number of rotatable bonds is 6. The number of benzene rings is 2. The first-order valence-electron chi connectivity index (χ1n) is 9.58. The van der Waals surface area contributed by atoms with Crippen molar-refractivity contribution in [3.63, 3.8) is 0 Å². The van der Waals surface area contributed by atoms with Gasteiger partial charge in [0.05, 0.1) is 23.4 Å². The number of halogens is 1. The third-order valence-electron chi connectivity index (χ3n) is 4.78. The normalized spacial score (nSPS) is 11.2. The molecule has 0 saturated heterocycles. The van der Waals surface area contributed by atoms with Crippen LogP contribution >= 0.6 is 34.7 Å². The number of methoxy groups -OCH3 is 1. The number of aromatic nitrogens is 5. The molecule has 0 radical (unpaired) electrons. The molecule has 0 aliphatic rings. The van der Waals surface area contributed by atoms with Gasteiger partial charge in [0.2, 0.25) is 0 Å². The zero-order valence-electron chi connectivity index (χ0n) is 16.8. The molecule has 0 unspecified atom stereocenters. The summed E-state index contributed by atoms with van der Waals surface area (Å²) in [7, 11) is 1.63. The number of hydrogen-bond donors (Lipinski definition) is 1. The minimum atomic E-state index is -0.131. The average Bonchev–Trinajstić information content (AvgIpc) is 3.45. The predicted octanol–water partition coefficient (Wildman–Crippen LogP) is 5.19. The first-order chi connectivity index (χ1) is 15.6. The number of H-pyrrole nitrogens is 1. The van der Waals surface area contributed by atoms with Gasteiger partial charge >= 0.3 is 0 Å². The number of ether oxygens (including phenoxy) is 1. The fourth-order valence-corrected chi connectivity index (χ4v) is 5.04. The SMILES string of the molecule is COc1ccc(-n2c(SCc3nc4ccsc4c(=O)[nH]3)nnc2-c2ccccc2Cl)cc1. The van der Waals surface area contributed by atoms with Crippen LogP contribution in [0.2, 0.25) is 5.02 Å². The van der Waals surface area contributed by atoms with Crippen LogP contribution in [0.15, 0.2) is 69.9 Å². The third kappa shape index (κ3) is 3.90. The highest BCUT2D eigenvalue weighted by Gasteiger charge is 2.19. The Morgan fingerprint density at radius 3 is 2.72 bits per heavy atom. The Morgan fingerprint density at radius 2 is 1.94 bits per heavy atom. The summed E-state index contributed by atoms with van der Waals surface area (Å²) in [6, 6.07) is 17.0. The lowest BCUT2D eigenvalue weighted by Gasteiger charge is -2.12. The molecular formula is C22H16ClN5O2S2. The monoisotopic (exact) mass is 481 g/mol. The Balaban J connectivity index is 1.55. The van der Waals surface area contributed by atoms with Gasteiger partial charge in [-0.05, 0) is 47.8 Å². The highest BCUT2D eigenvalue weighted by atomic mass is 35.5. The average molecular weight is 482 g/mol. The lowest BCUT2D eigenvalue weighted by molar-refractivity contribution is 0.414. The summed E-state index contributed by atoms with van der Waals surface area (Å²) in [6.45, 7) is 0. The van der Waals surface area contributed by atoms with Crippen LogP contribution in [-0.4, -0.2) is 31.8 Å². The van der Waals surface area contributed by atoms with Crippen molar-refractivity contribution in [2.45, 2.75) is 10.9 Å². The number of aromatic amines is 1. The van der Waals surface area contributed by atoms with E-state index in [2.05, 4.69) is 20.2 Å². The van der Waals surface area contributed by atoms with Gasteiger partial charge in [-0.3, -0.25) is 9.36 Å². The second-order valence-electron chi connectivity index (χ2n) is 6.76. The van der Waals surface area contributed by atoms with Crippen molar-refractivity contribution >= 4 is 44.9 Å². The van der Waals surface area contributed by atoms with Crippen LogP contribution < -0.4 is 10.3 Å². The lowest BCUT2D eigenvalue weighted by atomic mass is 10.2. The van der Waals surface area contributed by atoms with Crippen LogP contribution in [0, 0.1) is 0 Å². The molecule has 0 fully saturated rings. The summed E-state index contributed by atoms with van der Waals surface area (Å²) in [4.78, 5) is 19.7. The smallest absolute Gasteiger partial charge is 0.268 e. The van der Waals surface area contributed by atoms with Gasteiger partial charge in [0, 0.05) is 11.3 Å². The van der Waals surface area contributed by atoms with E-state index >= 15 is 0 Å². The number of nitrogens with one attached hydrogen (secondary N) is 1. The molecule has 5 aromatic rings. The summed E-state index contributed by atoms with van der Waals surface area (Å²) in [5.74, 6) is 2.38. The fraction of sp³-hybridized carbons (Fsp3) is 0.0909. The second kappa shape index (κ2) is 8.78. The van der Waals surface area contributed by atoms with E-state index in [0.717, 1.165) is 17.0 Å². The maximum absolute atomic E-state index is 12.3. The summed E-state index contributed by atoms with van der Waals surface area (Å²) in [5, 5.41) is 11.9. The molecule has 0 spiro atoms. The summed E-state index contributed by atoms with van der Waals surface area (Å²) >= 11 is 9.27. The molecule has 10 heteroatoms. The van der Waals surface area contributed by atoms with Crippen molar-refractivity contribution in [3.05, 3.63) is 81.2 Å². The second-order valence-corrected chi connectivity index (χ2v) is 9.02. The van der Waals surface area contributed by atoms with Gasteiger partial charge in [-0.1, -0.05) is 35.5 Å². The van der Waals surface area contributed by atoms with E-state index in [1.165, 1.54) is 23.1 Å². The first-order valence-corrected chi connectivity index (χ1v) is 11.8. The van der Waals surface area contributed by atoms with E-state index in [-0.39, 0.29) is 5.56 Å². The fourth-order valence-electron chi connectivity index (χ4n) is 3.27. The van der Waals surface area contributed by atoms with Crippen molar-refractivity contribution < 1.29 is 4.74 Å². The van der Waals surface area contributed by atoms with Crippen LogP contribution in [0.3, 0.4) is 0 Å². The van der Waals surface area contributed by atoms with Crippen molar-refractivity contribution in [1.82, 2.24) is 24.7 Å². The minimum Gasteiger partial charge on any atom is -0.497 e. The van der Waals surface area contributed by atoms with E-state index in [4.69, 9.17) is 16.3 Å². The molecule has 3 heterocycles. The Morgan fingerprint density at radius 1 is 1.12 bits per heavy atom. The Hall–Kier alpha value is -3.14. The number of thiophene rings is 1. The lowest BCUT2D eigenvalue weighted by Crippen LogP contribution is -2.09. The molecule has 0 amide bonds. The van der Waals surface area contributed by atoms with Crippen LogP contribution in [0.25, 0.3) is 27.3 Å².